The van der Waals surface area contributed by atoms with Crippen LogP contribution in [0.4, 0.5) is 0 Å². The van der Waals surface area contributed by atoms with Crippen molar-refractivity contribution >= 4 is 17.6 Å². The molecule has 0 aliphatic carbocycles. The summed E-state index contributed by atoms with van der Waals surface area (Å²) in [5, 5.41) is 17.8. The maximum absolute atomic E-state index is 11.0. The van der Waals surface area contributed by atoms with Crippen molar-refractivity contribution in [2.45, 2.75) is 19.2 Å². The van der Waals surface area contributed by atoms with Crippen molar-refractivity contribution in [3.05, 3.63) is 34.4 Å². The average molecular weight is 224 g/mol. The Kier molecular flexibility index (Phi) is 3.70. The van der Waals surface area contributed by atoms with Gasteiger partial charge in [0.15, 0.2) is 0 Å². The van der Waals surface area contributed by atoms with Crippen molar-refractivity contribution in [1.82, 2.24) is 0 Å². The monoisotopic (exact) mass is 223 g/mol. The van der Waals surface area contributed by atoms with E-state index in [1.807, 2.05) is 13.0 Å². The van der Waals surface area contributed by atoms with E-state index in [0.29, 0.717) is 23.1 Å². The van der Waals surface area contributed by atoms with E-state index in [2.05, 4.69) is 0 Å². The molecule has 0 fully saturated rings. The number of carboxylic acid groups (broad SMARTS) is 1. The molecule has 0 radical (unpaired) electrons. The molecule has 0 aliphatic rings. The first-order valence-electron chi connectivity index (χ1n) is 4.49. The molecule has 1 aromatic rings. The van der Waals surface area contributed by atoms with Crippen LogP contribution in [-0.4, -0.2) is 11.1 Å². The quantitative estimate of drug-likeness (QED) is 0.801. The number of hydrogen-bond acceptors (Lipinski definition) is 2. The van der Waals surface area contributed by atoms with Crippen molar-refractivity contribution < 1.29 is 9.90 Å². The topological polar surface area (TPSA) is 61.1 Å². The number of aryl methyl sites for hydroxylation is 1. The molecule has 0 heterocycles. The van der Waals surface area contributed by atoms with Gasteiger partial charge in [-0.25, -0.2) is 4.79 Å². The summed E-state index contributed by atoms with van der Waals surface area (Å²) in [7, 11) is 0. The minimum Gasteiger partial charge on any atom is -0.478 e. The van der Waals surface area contributed by atoms with Gasteiger partial charge in [0.25, 0.3) is 0 Å². The highest BCUT2D eigenvalue weighted by atomic mass is 35.5. The summed E-state index contributed by atoms with van der Waals surface area (Å²) in [6.07, 6.45) is 0.570. The van der Waals surface area contributed by atoms with E-state index < -0.39 is 5.97 Å². The van der Waals surface area contributed by atoms with Crippen molar-refractivity contribution in [2.75, 3.05) is 0 Å². The fourth-order valence-corrected chi connectivity index (χ4v) is 1.70. The van der Waals surface area contributed by atoms with E-state index >= 15 is 0 Å². The lowest BCUT2D eigenvalue weighted by atomic mass is 9.97. The number of nitrogens with zero attached hydrogens (tertiary/aromatic N) is 1. The van der Waals surface area contributed by atoms with E-state index in [4.69, 9.17) is 22.0 Å². The van der Waals surface area contributed by atoms with Gasteiger partial charge in [-0.05, 0) is 29.7 Å². The van der Waals surface area contributed by atoms with Crippen LogP contribution in [0.5, 0.6) is 0 Å². The molecular formula is C11H10ClNO2. The van der Waals surface area contributed by atoms with Crippen LogP contribution >= 0.6 is 11.6 Å². The summed E-state index contributed by atoms with van der Waals surface area (Å²) in [6.45, 7) is 1.85. The first-order chi connectivity index (χ1) is 7.13. The Bertz CT molecular complexity index is 410. The molecule has 0 atom stereocenters. The summed E-state index contributed by atoms with van der Waals surface area (Å²) in [6, 6.07) is 5.11. The van der Waals surface area contributed by atoms with Crippen LogP contribution < -0.4 is 0 Å². The molecule has 1 aromatic carbocycles. The van der Waals surface area contributed by atoms with Crippen molar-refractivity contribution in [1.29, 1.82) is 5.26 Å². The standard InChI is InChI=1S/C11H10ClNO2/c1-2-8-3-7(6-13)4-9(5-12)10(8)11(14)15/h3-4H,2,5H2,1H3,(H,14,15). The van der Waals surface area contributed by atoms with E-state index in [0.717, 1.165) is 0 Å². The summed E-state index contributed by atoms with van der Waals surface area (Å²) < 4.78 is 0. The highest BCUT2D eigenvalue weighted by Crippen LogP contribution is 2.20. The third-order valence-corrected chi connectivity index (χ3v) is 2.46. The van der Waals surface area contributed by atoms with E-state index in [1.54, 1.807) is 6.07 Å². The van der Waals surface area contributed by atoms with Crippen LogP contribution in [0.2, 0.25) is 0 Å². The van der Waals surface area contributed by atoms with Crippen LogP contribution in [-0.2, 0) is 12.3 Å². The fraction of sp³-hybridized carbons (Fsp3) is 0.273. The lowest BCUT2D eigenvalue weighted by Crippen LogP contribution is -2.06. The smallest absolute Gasteiger partial charge is 0.336 e. The normalized spacial score (nSPS) is 9.67. The number of carboxylic acids is 1. The zero-order valence-corrected chi connectivity index (χ0v) is 9.01. The lowest BCUT2D eigenvalue weighted by Gasteiger charge is -2.08. The second kappa shape index (κ2) is 4.81. The van der Waals surface area contributed by atoms with Gasteiger partial charge < -0.3 is 5.11 Å². The Morgan fingerprint density at radius 1 is 1.53 bits per heavy atom. The molecule has 1 N–H and O–H groups in total. The van der Waals surface area contributed by atoms with Crippen LogP contribution in [0.3, 0.4) is 0 Å². The summed E-state index contributed by atoms with van der Waals surface area (Å²) in [4.78, 5) is 11.0. The molecule has 15 heavy (non-hydrogen) atoms. The van der Waals surface area contributed by atoms with Gasteiger partial charge >= 0.3 is 5.97 Å². The highest BCUT2D eigenvalue weighted by Gasteiger charge is 2.15. The van der Waals surface area contributed by atoms with Gasteiger partial charge in [0.05, 0.1) is 17.2 Å². The molecule has 0 spiro atoms. The van der Waals surface area contributed by atoms with E-state index in [-0.39, 0.29) is 11.4 Å². The molecule has 1 rings (SSSR count). The van der Waals surface area contributed by atoms with Crippen LogP contribution in [0.25, 0.3) is 0 Å². The molecule has 0 unspecified atom stereocenters. The van der Waals surface area contributed by atoms with Gasteiger partial charge in [-0.2, -0.15) is 5.26 Å². The zero-order chi connectivity index (χ0) is 11.4. The minimum atomic E-state index is -0.994. The molecule has 4 heteroatoms. The molecular weight excluding hydrogens is 214 g/mol. The SMILES string of the molecule is CCc1cc(C#N)cc(CCl)c1C(=O)O. The van der Waals surface area contributed by atoms with Crippen LogP contribution in [0.1, 0.15) is 34.0 Å². The van der Waals surface area contributed by atoms with Crippen molar-refractivity contribution in [2.24, 2.45) is 0 Å². The molecule has 0 aliphatic heterocycles. The molecule has 0 bridgehead atoms. The highest BCUT2D eigenvalue weighted by molar-refractivity contribution is 6.17. The first-order valence-corrected chi connectivity index (χ1v) is 5.02. The zero-order valence-electron chi connectivity index (χ0n) is 8.25. The summed E-state index contributed by atoms with van der Waals surface area (Å²) in [5.41, 5.74) is 1.83. The van der Waals surface area contributed by atoms with Crippen LogP contribution in [0.15, 0.2) is 12.1 Å². The predicted molar refractivity (Wildman–Crippen MR) is 57.1 cm³/mol. The Morgan fingerprint density at radius 3 is 2.53 bits per heavy atom. The second-order valence-electron chi connectivity index (χ2n) is 3.07. The number of hydrogen-bond donors (Lipinski definition) is 1. The number of rotatable bonds is 3. The number of halogens is 1. The van der Waals surface area contributed by atoms with Crippen molar-refractivity contribution in [3.63, 3.8) is 0 Å². The average Bonchev–Trinajstić information content (AvgIpc) is 2.26. The van der Waals surface area contributed by atoms with E-state index in [1.165, 1.54) is 6.07 Å². The first kappa shape index (κ1) is 11.5. The van der Waals surface area contributed by atoms with Gasteiger partial charge in [0.1, 0.15) is 0 Å². The van der Waals surface area contributed by atoms with Gasteiger partial charge in [0.2, 0.25) is 0 Å². The molecule has 0 amide bonds. The lowest BCUT2D eigenvalue weighted by molar-refractivity contribution is 0.0695. The number of alkyl halides is 1. The van der Waals surface area contributed by atoms with Crippen molar-refractivity contribution in [3.8, 4) is 6.07 Å². The van der Waals surface area contributed by atoms with Gasteiger partial charge in [0, 0.05) is 5.88 Å². The third kappa shape index (κ3) is 2.28. The Labute approximate surface area is 92.9 Å². The fourth-order valence-electron chi connectivity index (χ4n) is 1.49. The molecule has 78 valence electrons. The molecule has 0 aromatic heterocycles. The number of benzene rings is 1. The summed E-state index contributed by atoms with van der Waals surface area (Å²) in [5.74, 6) is -0.892. The second-order valence-corrected chi connectivity index (χ2v) is 3.34. The number of nitriles is 1. The van der Waals surface area contributed by atoms with Gasteiger partial charge in [-0.15, -0.1) is 11.6 Å². The predicted octanol–water partition coefficient (Wildman–Crippen LogP) is 2.56. The Morgan fingerprint density at radius 2 is 2.13 bits per heavy atom. The number of carbonyl (C=O) groups is 1. The van der Waals surface area contributed by atoms with E-state index in [9.17, 15) is 4.79 Å². The van der Waals surface area contributed by atoms with Crippen LogP contribution in [0, 0.1) is 11.3 Å². The maximum atomic E-state index is 11.0. The third-order valence-electron chi connectivity index (χ3n) is 2.17. The molecule has 3 nitrogen and oxygen atoms in total. The summed E-state index contributed by atoms with van der Waals surface area (Å²) >= 11 is 5.66. The number of aromatic carboxylic acids is 1. The molecule has 0 saturated heterocycles. The maximum Gasteiger partial charge on any atom is 0.336 e. The minimum absolute atomic E-state index is 0.101. The molecule has 0 saturated carbocycles. The van der Waals surface area contributed by atoms with Gasteiger partial charge in [-0.1, -0.05) is 6.92 Å². The Balaban J connectivity index is 3.48. The van der Waals surface area contributed by atoms with Gasteiger partial charge in [-0.3, -0.25) is 0 Å². The Hall–Kier alpha value is -1.53. The largest absolute Gasteiger partial charge is 0.478 e.